The van der Waals surface area contributed by atoms with E-state index in [-0.39, 0.29) is 6.26 Å². The van der Waals surface area contributed by atoms with E-state index in [1.54, 1.807) is 0 Å². The summed E-state index contributed by atoms with van der Waals surface area (Å²) < 4.78 is 59.7. The van der Waals surface area contributed by atoms with Gasteiger partial charge in [0.15, 0.2) is 0 Å². The molecule has 1 nitrogen and oxygen atoms in total. The Morgan fingerprint density at radius 2 is 1.46 bits per heavy atom. The van der Waals surface area contributed by atoms with Crippen LogP contribution in [0.3, 0.4) is 0 Å². The van der Waals surface area contributed by atoms with Gasteiger partial charge >= 0.3 is 16.6 Å². The first-order valence-electron chi connectivity index (χ1n) is 2.67. The lowest BCUT2D eigenvalue weighted by atomic mass is 10.3. The van der Waals surface area contributed by atoms with Crippen LogP contribution in [-0.4, -0.2) is 16.6 Å². The van der Waals surface area contributed by atoms with Crippen LogP contribution < -0.4 is 0 Å². The molecule has 0 aromatic carbocycles. The van der Waals surface area contributed by atoms with Crippen LogP contribution in [0.2, 0.25) is 0 Å². The van der Waals surface area contributed by atoms with Crippen LogP contribution in [0, 0.1) is 0 Å². The molecule has 0 spiro atoms. The fourth-order valence-electron chi connectivity index (χ4n) is 0.409. The zero-order valence-corrected chi connectivity index (χ0v) is 7.35. The van der Waals surface area contributed by atoms with E-state index in [1.165, 1.54) is 0 Å². The van der Waals surface area contributed by atoms with E-state index in [4.69, 9.17) is 0 Å². The van der Waals surface area contributed by atoms with Gasteiger partial charge in [-0.05, 0) is 0 Å². The first kappa shape index (κ1) is 12.8. The maximum atomic E-state index is 12.7. The Labute approximate surface area is 80.1 Å². The highest BCUT2D eigenvalue weighted by Gasteiger charge is 2.72. The largest absolute Gasteiger partial charge is 0.466 e. The van der Waals surface area contributed by atoms with E-state index < -0.39 is 16.6 Å². The SMILES string of the molecule is C=COC(F)(C(F)(F)F)C(F)(Cl)Cl. The van der Waals surface area contributed by atoms with Crippen molar-refractivity contribution in [2.75, 3.05) is 0 Å². The normalized spacial score (nSPS) is 17.8. The van der Waals surface area contributed by atoms with Gasteiger partial charge in [-0.15, -0.1) is 0 Å². The Balaban J connectivity index is 5.07. The fraction of sp³-hybridized carbons (Fsp3) is 0.600. The minimum absolute atomic E-state index is 0.0482. The van der Waals surface area contributed by atoms with Gasteiger partial charge in [0.1, 0.15) is 0 Å². The topological polar surface area (TPSA) is 9.23 Å². The van der Waals surface area contributed by atoms with E-state index in [0.29, 0.717) is 0 Å². The molecule has 0 aliphatic heterocycles. The first-order valence-corrected chi connectivity index (χ1v) is 3.43. The highest BCUT2D eigenvalue weighted by Crippen LogP contribution is 2.49. The van der Waals surface area contributed by atoms with E-state index in [1.807, 2.05) is 0 Å². The Morgan fingerprint density at radius 1 is 1.08 bits per heavy atom. The molecule has 0 aliphatic rings. The second kappa shape index (κ2) is 3.49. The van der Waals surface area contributed by atoms with Gasteiger partial charge in [0.05, 0.1) is 6.26 Å². The van der Waals surface area contributed by atoms with Crippen molar-refractivity contribution in [2.24, 2.45) is 0 Å². The molecule has 0 aromatic heterocycles. The number of ether oxygens (including phenoxy) is 1. The molecular weight excluding hydrogens is 242 g/mol. The average Bonchev–Trinajstić information content (AvgIpc) is 1.82. The molecule has 0 saturated heterocycles. The van der Waals surface area contributed by atoms with Crippen LogP contribution in [-0.2, 0) is 4.74 Å². The minimum atomic E-state index is -5.71. The van der Waals surface area contributed by atoms with Crippen molar-refractivity contribution < 1.29 is 26.7 Å². The third kappa shape index (κ3) is 2.37. The molecule has 8 heteroatoms. The number of hydrogen-bond acceptors (Lipinski definition) is 1. The molecule has 0 heterocycles. The van der Waals surface area contributed by atoms with E-state index in [0.717, 1.165) is 0 Å². The van der Waals surface area contributed by atoms with Crippen molar-refractivity contribution >= 4 is 23.2 Å². The van der Waals surface area contributed by atoms with Crippen LogP contribution in [0.1, 0.15) is 0 Å². The predicted octanol–water partition coefficient (Wildman–Crippen LogP) is 3.48. The molecule has 1 unspecified atom stereocenters. The van der Waals surface area contributed by atoms with Gasteiger partial charge < -0.3 is 4.74 Å². The summed E-state index contributed by atoms with van der Waals surface area (Å²) >= 11 is 8.67. The fourth-order valence-corrected chi connectivity index (χ4v) is 0.713. The Hall–Kier alpha value is -0.230. The summed E-state index contributed by atoms with van der Waals surface area (Å²) in [6.45, 7) is 2.63. The van der Waals surface area contributed by atoms with E-state index >= 15 is 0 Å². The van der Waals surface area contributed by atoms with Gasteiger partial charge in [-0.25, -0.2) is 0 Å². The molecule has 0 fully saturated rings. The molecule has 0 N–H and O–H groups in total. The standard InChI is InChI=1S/C5H3Cl2F5O/c1-2-13-3(8,4(6,7)9)5(10,11)12/h2H,1H2. The maximum absolute atomic E-state index is 12.7. The van der Waals surface area contributed by atoms with Crippen molar-refractivity contribution in [2.45, 2.75) is 16.6 Å². The molecular formula is C5H3Cl2F5O. The van der Waals surface area contributed by atoms with Crippen LogP contribution in [0.4, 0.5) is 22.0 Å². The predicted molar refractivity (Wildman–Crippen MR) is 36.7 cm³/mol. The van der Waals surface area contributed by atoms with Gasteiger partial charge in [0.2, 0.25) is 0 Å². The molecule has 0 radical (unpaired) electrons. The first-order chi connectivity index (χ1) is 5.56. The monoisotopic (exact) mass is 244 g/mol. The summed E-state index contributed by atoms with van der Waals surface area (Å²) in [7, 11) is 0. The number of halogens is 7. The molecule has 0 amide bonds. The maximum Gasteiger partial charge on any atom is 0.466 e. The van der Waals surface area contributed by atoms with Crippen LogP contribution >= 0.6 is 23.2 Å². The smallest absolute Gasteiger partial charge is 0.454 e. The lowest BCUT2D eigenvalue weighted by Gasteiger charge is -2.30. The second-order valence-electron chi connectivity index (χ2n) is 1.88. The second-order valence-corrected chi connectivity index (χ2v) is 3.11. The minimum Gasteiger partial charge on any atom is -0.454 e. The Kier molecular flexibility index (Phi) is 3.43. The molecule has 0 saturated carbocycles. The van der Waals surface area contributed by atoms with Gasteiger partial charge in [-0.3, -0.25) is 0 Å². The van der Waals surface area contributed by atoms with Crippen molar-refractivity contribution in [3.05, 3.63) is 12.8 Å². The summed E-state index contributed by atoms with van der Waals surface area (Å²) in [5.74, 6) is -4.83. The summed E-state index contributed by atoms with van der Waals surface area (Å²) in [5.41, 5.74) is 0. The summed E-state index contributed by atoms with van der Waals surface area (Å²) in [6, 6.07) is 0. The van der Waals surface area contributed by atoms with Crippen molar-refractivity contribution in [3.63, 3.8) is 0 Å². The molecule has 0 aliphatic carbocycles. The summed E-state index contributed by atoms with van der Waals surface area (Å²) in [6.07, 6.45) is -5.66. The van der Waals surface area contributed by atoms with Gasteiger partial charge in [-0.2, -0.15) is 22.0 Å². The molecule has 0 aromatic rings. The lowest BCUT2D eigenvalue weighted by molar-refractivity contribution is -0.333. The summed E-state index contributed by atoms with van der Waals surface area (Å²) in [5, 5.41) is 0. The highest BCUT2D eigenvalue weighted by atomic mass is 35.5. The molecule has 1 atom stereocenters. The van der Waals surface area contributed by atoms with Crippen molar-refractivity contribution in [1.29, 1.82) is 0 Å². The molecule has 0 bridgehead atoms. The molecule has 13 heavy (non-hydrogen) atoms. The van der Waals surface area contributed by atoms with E-state index in [9.17, 15) is 22.0 Å². The van der Waals surface area contributed by atoms with Crippen LogP contribution in [0.15, 0.2) is 12.8 Å². The molecule has 0 rings (SSSR count). The molecule has 78 valence electrons. The number of hydrogen-bond donors (Lipinski definition) is 0. The van der Waals surface area contributed by atoms with Crippen LogP contribution in [0.25, 0.3) is 0 Å². The van der Waals surface area contributed by atoms with Crippen molar-refractivity contribution in [3.8, 4) is 0 Å². The van der Waals surface area contributed by atoms with E-state index in [2.05, 4.69) is 34.5 Å². The number of alkyl halides is 7. The average molecular weight is 245 g/mol. The third-order valence-corrected chi connectivity index (χ3v) is 1.46. The third-order valence-electron chi connectivity index (χ3n) is 0.975. The number of rotatable bonds is 3. The quantitative estimate of drug-likeness (QED) is 0.420. The zero-order chi connectivity index (χ0) is 10.9. The lowest BCUT2D eigenvalue weighted by Crippen LogP contribution is -2.53. The van der Waals surface area contributed by atoms with Crippen molar-refractivity contribution in [1.82, 2.24) is 0 Å². The Morgan fingerprint density at radius 3 is 1.54 bits per heavy atom. The zero-order valence-electron chi connectivity index (χ0n) is 5.84. The van der Waals surface area contributed by atoms with Crippen LogP contribution in [0.5, 0.6) is 0 Å². The Bertz CT molecular complexity index is 182. The highest BCUT2D eigenvalue weighted by molar-refractivity contribution is 6.47. The van der Waals surface area contributed by atoms with Gasteiger partial charge in [0.25, 0.3) is 0 Å². The summed E-state index contributed by atoms with van der Waals surface area (Å²) in [4.78, 5) is 0. The van der Waals surface area contributed by atoms with Gasteiger partial charge in [0, 0.05) is 0 Å². The van der Waals surface area contributed by atoms with Gasteiger partial charge in [-0.1, -0.05) is 29.8 Å².